The van der Waals surface area contributed by atoms with Crippen LogP contribution in [-0.4, -0.2) is 42.6 Å². The Bertz CT molecular complexity index is 1400. The molecular formula is C28H29N3O3S2. The van der Waals surface area contributed by atoms with Crippen molar-refractivity contribution < 1.29 is 14.3 Å². The number of para-hydroxylation sites is 1. The van der Waals surface area contributed by atoms with Crippen LogP contribution in [0.5, 0.6) is 11.5 Å². The van der Waals surface area contributed by atoms with Gasteiger partial charge in [-0.3, -0.25) is 9.69 Å². The Labute approximate surface area is 219 Å². The fourth-order valence-corrected chi connectivity index (χ4v) is 6.83. The van der Waals surface area contributed by atoms with E-state index in [0.29, 0.717) is 17.5 Å². The van der Waals surface area contributed by atoms with Gasteiger partial charge in [0.15, 0.2) is 11.5 Å². The number of nitrogens with zero attached hydrogens (tertiary/aromatic N) is 2. The van der Waals surface area contributed by atoms with Crippen LogP contribution in [0.15, 0.2) is 48.5 Å². The van der Waals surface area contributed by atoms with Gasteiger partial charge in [-0.1, -0.05) is 18.2 Å². The van der Waals surface area contributed by atoms with Crippen molar-refractivity contribution in [1.82, 2.24) is 9.88 Å². The normalized spacial score (nSPS) is 13.9. The molecule has 4 aromatic rings. The third kappa shape index (κ3) is 4.89. The van der Waals surface area contributed by atoms with Crippen LogP contribution in [0.25, 0.3) is 26.9 Å². The van der Waals surface area contributed by atoms with Crippen molar-refractivity contribution in [3.05, 3.63) is 64.5 Å². The summed E-state index contributed by atoms with van der Waals surface area (Å²) in [6, 6.07) is 14.2. The van der Waals surface area contributed by atoms with Crippen LogP contribution in [0.3, 0.4) is 0 Å². The zero-order chi connectivity index (χ0) is 25.2. The molecule has 0 atom stereocenters. The predicted octanol–water partition coefficient (Wildman–Crippen LogP) is 6.46. The molecule has 0 radical (unpaired) electrons. The summed E-state index contributed by atoms with van der Waals surface area (Å²) in [6.45, 7) is 6.36. The third-order valence-corrected chi connectivity index (χ3v) is 8.58. The van der Waals surface area contributed by atoms with Crippen LogP contribution in [0.4, 0.5) is 5.00 Å². The van der Waals surface area contributed by atoms with Crippen LogP contribution in [0.2, 0.25) is 0 Å². The van der Waals surface area contributed by atoms with E-state index in [0.717, 1.165) is 50.9 Å². The number of ether oxygens (including phenoxy) is 2. The van der Waals surface area contributed by atoms with Crippen molar-refractivity contribution in [3.63, 3.8) is 0 Å². The number of nitrogens with one attached hydrogen (secondary N) is 1. The number of methoxy groups -OCH3 is 2. The summed E-state index contributed by atoms with van der Waals surface area (Å²) in [6.07, 6.45) is 4.29. The molecule has 1 amide bonds. The predicted molar refractivity (Wildman–Crippen MR) is 149 cm³/mol. The van der Waals surface area contributed by atoms with Crippen molar-refractivity contribution in [1.29, 1.82) is 0 Å². The first-order chi connectivity index (χ1) is 17.5. The maximum atomic E-state index is 13.0. The van der Waals surface area contributed by atoms with E-state index in [-0.39, 0.29) is 5.91 Å². The number of anilines is 1. The molecule has 3 heterocycles. The van der Waals surface area contributed by atoms with Gasteiger partial charge in [0.05, 0.1) is 24.4 Å². The molecule has 0 bridgehead atoms. The smallest absolute Gasteiger partial charge is 0.249 e. The molecule has 186 valence electrons. The highest BCUT2D eigenvalue weighted by molar-refractivity contribution is 7.23. The van der Waals surface area contributed by atoms with E-state index in [2.05, 4.69) is 30.1 Å². The highest BCUT2D eigenvalue weighted by Crippen LogP contribution is 2.46. The molecule has 2 aromatic carbocycles. The summed E-state index contributed by atoms with van der Waals surface area (Å²) >= 11 is 3.35. The fourth-order valence-electron chi connectivity index (χ4n) is 4.44. The lowest BCUT2D eigenvalue weighted by Crippen LogP contribution is -2.35. The lowest BCUT2D eigenvalue weighted by atomic mass is 10.0. The molecule has 0 unspecified atom stereocenters. The monoisotopic (exact) mass is 519 g/mol. The van der Waals surface area contributed by atoms with Crippen LogP contribution in [0.1, 0.15) is 29.9 Å². The van der Waals surface area contributed by atoms with E-state index in [1.807, 2.05) is 36.4 Å². The molecular weight excluding hydrogens is 490 g/mol. The first-order valence-electron chi connectivity index (χ1n) is 11.9. The van der Waals surface area contributed by atoms with Crippen molar-refractivity contribution >= 4 is 49.9 Å². The van der Waals surface area contributed by atoms with Crippen LogP contribution in [-0.2, 0) is 17.8 Å². The second-order valence-electron chi connectivity index (χ2n) is 8.95. The topological polar surface area (TPSA) is 63.7 Å². The van der Waals surface area contributed by atoms with Gasteiger partial charge in [-0.05, 0) is 61.7 Å². The zero-order valence-electron chi connectivity index (χ0n) is 20.8. The number of hydrogen-bond acceptors (Lipinski definition) is 7. The average molecular weight is 520 g/mol. The van der Waals surface area contributed by atoms with Crippen molar-refractivity contribution in [2.75, 3.05) is 26.1 Å². The number of benzene rings is 2. The molecule has 1 N–H and O–H groups in total. The van der Waals surface area contributed by atoms with Crippen LogP contribution < -0.4 is 14.8 Å². The maximum absolute atomic E-state index is 13.0. The Morgan fingerprint density at radius 1 is 1.11 bits per heavy atom. The minimum atomic E-state index is -0.175. The minimum absolute atomic E-state index is 0.175. The molecule has 6 nitrogen and oxygen atoms in total. The Hall–Kier alpha value is -3.20. The summed E-state index contributed by atoms with van der Waals surface area (Å²) in [4.78, 5) is 21.7. The lowest BCUT2D eigenvalue weighted by molar-refractivity contribution is -0.111. The van der Waals surface area contributed by atoms with Gasteiger partial charge >= 0.3 is 0 Å². The molecule has 2 aromatic heterocycles. The molecule has 1 aliphatic rings. The summed E-state index contributed by atoms with van der Waals surface area (Å²) in [5, 5.41) is 4.99. The second-order valence-corrected chi connectivity index (χ2v) is 11.1. The van der Waals surface area contributed by atoms with E-state index < -0.39 is 0 Å². The lowest BCUT2D eigenvalue weighted by Gasteiger charge is -2.30. The minimum Gasteiger partial charge on any atom is -0.493 e. The van der Waals surface area contributed by atoms with Gasteiger partial charge in [-0.15, -0.1) is 22.7 Å². The molecule has 8 heteroatoms. The molecule has 0 saturated heterocycles. The van der Waals surface area contributed by atoms with Gasteiger partial charge in [0, 0.05) is 35.6 Å². The number of hydrogen-bond donors (Lipinski definition) is 1. The molecule has 36 heavy (non-hydrogen) atoms. The number of thiophene rings is 1. The van der Waals surface area contributed by atoms with E-state index in [9.17, 15) is 4.79 Å². The molecule has 0 saturated carbocycles. The maximum Gasteiger partial charge on any atom is 0.249 e. The molecule has 0 aliphatic carbocycles. The van der Waals surface area contributed by atoms with E-state index in [4.69, 9.17) is 14.5 Å². The van der Waals surface area contributed by atoms with Crippen LogP contribution in [0, 0.1) is 0 Å². The molecule has 0 spiro atoms. The molecule has 0 fully saturated rings. The van der Waals surface area contributed by atoms with E-state index >= 15 is 0 Å². The summed E-state index contributed by atoms with van der Waals surface area (Å²) in [7, 11) is 3.20. The Kier molecular flexibility index (Phi) is 7.09. The molecule has 5 rings (SSSR count). The van der Waals surface area contributed by atoms with Crippen molar-refractivity contribution in [2.24, 2.45) is 0 Å². The van der Waals surface area contributed by atoms with Gasteiger partial charge in [0.25, 0.3) is 0 Å². The van der Waals surface area contributed by atoms with E-state index in [1.54, 1.807) is 49.0 Å². The van der Waals surface area contributed by atoms with Gasteiger partial charge in [-0.2, -0.15) is 0 Å². The standard InChI is InChI=1S/C28H29N3O3S2/c1-17(2)31-14-13-19-24(16-31)36-28(26(19)27-29-20-7-5-6-8-23(20)35-27)30-25(32)12-10-18-9-11-21(33-3)22(15-18)34-4/h5-12,15,17H,13-14,16H2,1-4H3,(H,30,32)/b12-10+. The number of carbonyl (C=O) groups excluding carboxylic acids is 1. The Balaban J connectivity index is 1.46. The van der Waals surface area contributed by atoms with Crippen molar-refractivity contribution in [2.45, 2.75) is 32.9 Å². The Morgan fingerprint density at radius 3 is 2.67 bits per heavy atom. The SMILES string of the molecule is COc1ccc(/C=C/C(=O)Nc2sc3c(c2-c2nc4ccccc4s2)CCN(C(C)C)C3)cc1OC. The first kappa shape index (κ1) is 24.5. The van der Waals surface area contributed by atoms with Crippen LogP contribution >= 0.6 is 22.7 Å². The number of rotatable bonds is 7. The zero-order valence-corrected chi connectivity index (χ0v) is 22.5. The number of thiazole rings is 1. The number of aromatic nitrogens is 1. The molecule has 1 aliphatic heterocycles. The number of fused-ring (bicyclic) bond motifs is 2. The summed E-state index contributed by atoms with van der Waals surface area (Å²) < 4.78 is 11.8. The van der Waals surface area contributed by atoms with Gasteiger partial charge < -0.3 is 14.8 Å². The highest BCUT2D eigenvalue weighted by Gasteiger charge is 2.28. The fraction of sp³-hybridized carbons (Fsp3) is 0.286. The first-order valence-corrected chi connectivity index (χ1v) is 13.6. The second kappa shape index (κ2) is 10.4. The quantitative estimate of drug-likeness (QED) is 0.284. The van der Waals surface area contributed by atoms with Gasteiger partial charge in [0.2, 0.25) is 5.91 Å². The van der Waals surface area contributed by atoms with Gasteiger partial charge in [-0.25, -0.2) is 4.98 Å². The average Bonchev–Trinajstić information content (AvgIpc) is 3.47. The van der Waals surface area contributed by atoms with Crippen molar-refractivity contribution in [3.8, 4) is 22.1 Å². The summed E-state index contributed by atoms with van der Waals surface area (Å²) in [5.41, 5.74) is 4.23. The summed E-state index contributed by atoms with van der Waals surface area (Å²) in [5.74, 6) is 1.10. The highest BCUT2D eigenvalue weighted by atomic mass is 32.1. The van der Waals surface area contributed by atoms with Gasteiger partial charge in [0.1, 0.15) is 10.0 Å². The largest absolute Gasteiger partial charge is 0.493 e. The third-order valence-electron chi connectivity index (χ3n) is 6.40. The Morgan fingerprint density at radius 2 is 1.92 bits per heavy atom. The number of carbonyl (C=O) groups is 1. The number of amides is 1. The van der Waals surface area contributed by atoms with E-state index in [1.165, 1.54) is 10.4 Å².